The van der Waals surface area contributed by atoms with E-state index in [1.54, 1.807) is 0 Å². The molecule has 0 aromatic heterocycles. The smallest absolute Gasteiger partial charge is 0.0107 e. The van der Waals surface area contributed by atoms with E-state index in [1.807, 2.05) is 0 Å². The third kappa shape index (κ3) is 12.8. The van der Waals surface area contributed by atoms with Crippen LogP contribution in [-0.2, 0) is 0 Å². The normalized spacial score (nSPS) is 12.6. The van der Waals surface area contributed by atoms with Gasteiger partial charge in [-0.05, 0) is 49.3 Å². The average molecular weight is 287 g/mol. The molecule has 0 fully saturated rings. The van der Waals surface area contributed by atoms with E-state index in [1.165, 1.54) is 0 Å². The molecule has 0 bridgehead atoms. The van der Waals surface area contributed by atoms with E-state index in [0.717, 1.165) is 52.4 Å². The van der Waals surface area contributed by atoms with Crippen molar-refractivity contribution in [3.05, 3.63) is 0 Å². The maximum Gasteiger partial charge on any atom is 0.0107 e. The first-order valence-electron chi connectivity index (χ1n) is 7.66. The van der Waals surface area contributed by atoms with Crippen LogP contribution >= 0.6 is 0 Å². The molecule has 0 rings (SSSR count). The average Bonchev–Trinajstić information content (AvgIpc) is 2.37. The lowest BCUT2D eigenvalue weighted by Crippen LogP contribution is -2.38. The molecular weight excluding hydrogens is 250 g/mol. The van der Waals surface area contributed by atoms with Crippen LogP contribution in [0, 0.1) is 0 Å². The van der Waals surface area contributed by atoms with E-state index in [0.29, 0.717) is 0 Å². The summed E-state index contributed by atoms with van der Waals surface area (Å²) in [5.74, 6) is 0. The van der Waals surface area contributed by atoms with Gasteiger partial charge in [0.2, 0.25) is 0 Å². The highest BCUT2D eigenvalue weighted by atomic mass is 15.2. The van der Waals surface area contributed by atoms with Crippen molar-refractivity contribution < 1.29 is 0 Å². The summed E-state index contributed by atoms with van der Waals surface area (Å²) in [5.41, 5.74) is 0. The number of likely N-dealkylation sites (N-methyl/N-ethyl adjacent to an activating group) is 5. The summed E-state index contributed by atoms with van der Waals surface area (Å²) < 4.78 is 0. The third-order valence-electron chi connectivity index (χ3n) is 3.58. The molecular formula is C15H37N5. The zero-order valence-corrected chi connectivity index (χ0v) is 14.9. The van der Waals surface area contributed by atoms with Crippen LogP contribution in [0.1, 0.15) is 0 Å². The predicted octanol–water partition coefficient (Wildman–Crippen LogP) is -0.0950. The second-order valence-corrected chi connectivity index (χ2v) is 6.52. The summed E-state index contributed by atoms with van der Waals surface area (Å²) in [5, 5.41) is 0. The van der Waals surface area contributed by atoms with Crippen LogP contribution in [0.3, 0.4) is 0 Å². The van der Waals surface area contributed by atoms with E-state index < -0.39 is 0 Å². The summed E-state index contributed by atoms with van der Waals surface area (Å²) in [7, 11) is 15.2. The van der Waals surface area contributed by atoms with E-state index >= 15 is 0 Å². The SMILES string of the molecule is CN(C)CCN(C)CCN(C)CCN(C)CCN(C)C. The fraction of sp³-hybridized carbons (Fsp3) is 1.00. The molecule has 0 aromatic carbocycles. The molecule has 0 aliphatic rings. The van der Waals surface area contributed by atoms with Crippen LogP contribution in [-0.4, -0.2) is 126 Å². The minimum absolute atomic E-state index is 1.13. The minimum Gasteiger partial charge on any atom is -0.308 e. The Morgan fingerprint density at radius 3 is 0.750 bits per heavy atom. The Kier molecular flexibility index (Phi) is 11.3. The van der Waals surface area contributed by atoms with Gasteiger partial charge in [-0.15, -0.1) is 0 Å². The van der Waals surface area contributed by atoms with E-state index in [4.69, 9.17) is 0 Å². The van der Waals surface area contributed by atoms with Crippen molar-refractivity contribution in [2.24, 2.45) is 0 Å². The Hall–Kier alpha value is -0.200. The molecule has 5 nitrogen and oxygen atoms in total. The van der Waals surface area contributed by atoms with Crippen LogP contribution in [0.25, 0.3) is 0 Å². The Morgan fingerprint density at radius 1 is 0.350 bits per heavy atom. The maximum absolute atomic E-state index is 2.43. The fourth-order valence-corrected chi connectivity index (χ4v) is 1.76. The van der Waals surface area contributed by atoms with E-state index in [2.05, 4.69) is 73.8 Å². The van der Waals surface area contributed by atoms with Crippen molar-refractivity contribution in [2.45, 2.75) is 0 Å². The van der Waals surface area contributed by atoms with Crippen molar-refractivity contribution in [3.8, 4) is 0 Å². The summed E-state index contributed by atoms with van der Waals surface area (Å²) in [6, 6.07) is 0. The molecule has 0 atom stereocenters. The van der Waals surface area contributed by atoms with Gasteiger partial charge in [0, 0.05) is 52.4 Å². The second kappa shape index (κ2) is 11.5. The largest absolute Gasteiger partial charge is 0.308 e. The molecule has 0 amide bonds. The van der Waals surface area contributed by atoms with Crippen LogP contribution in [0.4, 0.5) is 0 Å². The topological polar surface area (TPSA) is 16.2 Å². The van der Waals surface area contributed by atoms with Crippen LogP contribution < -0.4 is 0 Å². The molecule has 0 saturated carbocycles. The molecule has 0 aromatic rings. The maximum atomic E-state index is 2.43. The Bertz CT molecular complexity index is 198. The molecule has 0 saturated heterocycles. The Balaban J connectivity index is 3.59. The zero-order valence-electron chi connectivity index (χ0n) is 14.9. The number of hydrogen-bond acceptors (Lipinski definition) is 5. The van der Waals surface area contributed by atoms with Crippen LogP contribution in [0.5, 0.6) is 0 Å². The van der Waals surface area contributed by atoms with Crippen molar-refractivity contribution >= 4 is 0 Å². The van der Waals surface area contributed by atoms with Gasteiger partial charge < -0.3 is 24.5 Å². The number of hydrogen-bond donors (Lipinski definition) is 0. The van der Waals surface area contributed by atoms with Gasteiger partial charge in [0.15, 0.2) is 0 Å². The number of nitrogens with zero attached hydrogens (tertiary/aromatic N) is 5. The Labute approximate surface area is 127 Å². The summed E-state index contributed by atoms with van der Waals surface area (Å²) >= 11 is 0. The van der Waals surface area contributed by atoms with Gasteiger partial charge in [0.1, 0.15) is 0 Å². The van der Waals surface area contributed by atoms with Crippen LogP contribution in [0.2, 0.25) is 0 Å². The first kappa shape index (κ1) is 19.8. The van der Waals surface area contributed by atoms with Crippen molar-refractivity contribution in [2.75, 3.05) is 102 Å². The van der Waals surface area contributed by atoms with Crippen molar-refractivity contribution in [1.82, 2.24) is 24.5 Å². The fourth-order valence-electron chi connectivity index (χ4n) is 1.76. The first-order valence-corrected chi connectivity index (χ1v) is 7.66. The molecule has 122 valence electrons. The quantitative estimate of drug-likeness (QED) is 0.497. The molecule has 0 radical (unpaired) electrons. The lowest BCUT2D eigenvalue weighted by Gasteiger charge is -2.25. The standard InChI is InChI=1S/C15H37N5/c1-16(2)8-10-18(5)12-14-20(7)15-13-19(6)11-9-17(3)4/h8-15H2,1-7H3. The minimum atomic E-state index is 1.13. The third-order valence-corrected chi connectivity index (χ3v) is 3.58. The van der Waals surface area contributed by atoms with Gasteiger partial charge in [-0.1, -0.05) is 0 Å². The molecule has 20 heavy (non-hydrogen) atoms. The van der Waals surface area contributed by atoms with Gasteiger partial charge in [0.05, 0.1) is 0 Å². The lowest BCUT2D eigenvalue weighted by atomic mass is 10.4. The monoisotopic (exact) mass is 287 g/mol. The molecule has 0 aliphatic heterocycles. The lowest BCUT2D eigenvalue weighted by molar-refractivity contribution is 0.210. The Morgan fingerprint density at radius 2 is 0.550 bits per heavy atom. The molecule has 0 spiro atoms. The van der Waals surface area contributed by atoms with E-state index in [-0.39, 0.29) is 0 Å². The van der Waals surface area contributed by atoms with E-state index in [9.17, 15) is 0 Å². The summed E-state index contributed by atoms with van der Waals surface area (Å²) in [6.07, 6.45) is 0. The molecule has 0 N–H and O–H groups in total. The van der Waals surface area contributed by atoms with Crippen molar-refractivity contribution in [1.29, 1.82) is 0 Å². The first-order chi connectivity index (χ1) is 9.31. The molecule has 0 unspecified atom stereocenters. The van der Waals surface area contributed by atoms with Gasteiger partial charge in [-0.2, -0.15) is 0 Å². The molecule has 0 aliphatic carbocycles. The highest BCUT2D eigenvalue weighted by molar-refractivity contribution is 4.61. The predicted molar refractivity (Wildman–Crippen MR) is 89.6 cm³/mol. The summed E-state index contributed by atoms with van der Waals surface area (Å²) in [6.45, 7) is 9.13. The molecule has 0 heterocycles. The van der Waals surface area contributed by atoms with Gasteiger partial charge in [-0.25, -0.2) is 0 Å². The van der Waals surface area contributed by atoms with Crippen LogP contribution in [0.15, 0.2) is 0 Å². The van der Waals surface area contributed by atoms with Gasteiger partial charge in [-0.3, -0.25) is 0 Å². The van der Waals surface area contributed by atoms with Gasteiger partial charge in [0.25, 0.3) is 0 Å². The highest BCUT2D eigenvalue weighted by Crippen LogP contribution is 1.90. The number of rotatable bonds is 12. The summed E-state index contributed by atoms with van der Waals surface area (Å²) in [4.78, 5) is 11.7. The van der Waals surface area contributed by atoms with Gasteiger partial charge >= 0.3 is 0 Å². The zero-order chi connectivity index (χ0) is 15.5. The second-order valence-electron chi connectivity index (χ2n) is 6.52. The van der Waals surface area contributed by atoms with Crippen molar-refractivity contribution in [3.63, 3.8) is 0 Å². The highest BCUT2D eigenvalue weighted by Gasteiger charge is 2.05. The molecule has 5 heteroatoms.